The number of halogens is 2. The third-order valence-electron chi connectivity index (χ3n) is 6.42. The molecule has 0 bridgehead atoms. The minimum absolute atomic E-state index is 0.0935. The van der Waals surface area contributed by atoms with Crippen LogP contribution in [0, 0.1) is 0 Å². The number of benzene rings is 2. The number of hydrogen-bond acceptors (Lipinski definition) is 10. The highest BCUT2D eigenvalue weighted by Crippen LogP contribution is 2.36. The summed E-state index contributed by atoms with van der Waals surface area (Å²) in [4.78, 5) is 17.9. The molecule has 0 atom stereocenters. The van der Waals surface area contributed by atoms with Gasteiger partial charge in [-0.3, -0.25) is 4.90 Å². The Morgan fingerprint density at radius 3 is 2.50 bits per heavy atom. The van der Waals surface area contributed by atoms with Gasteiger partial charge in [0.05, 0.1) is 22.7 Å². The first-order chi connectivity index (χ1) is 18.2. The number of hydrogen-bond donors (Lipinski definition) is 1. The number of anilines is 3. The lowest BCUT2D eigenvalue weighted by Crippen LogP contribution is -2.53. The van der Waals surface area contributed by atoms with Crippen molar-refractivity contribution >= 4 is 51.6 Å². The van der Waals surface area contributed by atoms with Gasteiger partial charge in [0.2, 0.25) is 0 Å². The standard InChI is InChI=1S/C26H29Cl2N7O3/c1-26(2,3)35-9-7-34(8-10-35)25-32-23(38-33-25)14-37-22-13-20-17(12-21(22)36-4)24(30-15-29-20)31-16-5-6-18(27)19(28)11-16/h5-6,11-13,15H,7-10,14H2,1-4H3,(H,29,30,31). The van der Waals surface area contributed by atoms with E-state index in [2.05, 4.69) is 56.0 Å². The molecule has 0 aliphatic carbocycles. The summed E-state index contributed by atoms with van der Waals surface area (Å²) in [6.45, 7) is 10.4. The summed E-state index contributed by atoms with van der Waals surface area (Å²) in [5.74, 6) is 2.56. The Morgan fingerprint density at radius 2 is 1.79 bits per heavy atom. The molecule has 0 amide bonds. The minimum Gasteiger partial charge on any atom is -0.493 e. The SMILES string of the molecule is COc1cc2c(Nc3ccc(Cl)c(Cl)c3)ncnc2cc1OCc1nc(N2CCN(C(C)(C)C)CC2)no1. The van der Waals surface area contributed by atoms with Crippen LogP contribution in [-0.4, -0.2) is 63.8 Å². The summed E-state index contributed by atoms with van der Waals surface area (Å²) in [5, 5.41) is 9.08. The molecular weight excluding hydrogens is 529 g/mol. The monoisotopic (exact) mass is 557 g/mol. The van der Waals surface area contributed by atoms with Crippen molar-refractivity contribution in [1.29, 1.82) is 0 Å². The summed E-state index contributed by atoms with van der Waals surface area (Å²) in [5.41, 5.74) is 1.55. The van der Waals surface area contributed by atoms with Crippen LogP contribution in [0.2, 0.25) is 10.0 Å². The molecular formula is C26H29Cl2N7O3. The van der Waals surface area contributed by atoms with Crippen molar-refractivity contribution in [3.05, 3.63) is 52.6 Å². The van der Waals surface area contributed by atoms with Crippen LogP contribution >= 0.6 is 23.2 Å². The van der Waals surface area contributed by atoms with Crippen molar-refractivity contribution in [2.45, 2.75) is 32.9 Å². The number of nitrogens with zero attached hydrogens (tertiary/aromatic N) is 6. The summed E-state index contributed by atoms with van der Waals surface area (Å²) < 4.78 is 17.1. The van der Waals surface area contributed by atoms with Gasteiger partial charge in [-0.05, 0) is 50.2 Å². The number of fused-ring (bicyclic) bond motifs is 1. The summed E-state index contributed by atoms with van der Waals surface area (Å²) >= 11 is 12.2. The first kappa shape index (κ1) is 26.3. The lowest BCUT2D eigenvalue weighted by Gasteiger charge is -2.41. The molecule has 38 heavy (non-hydrogen) atoms. The predicted molar refractivity (Wildman–Crippen MR) is 148 cm³/mol. The summed E-state index contributed by atoms with van der Waals surface area (Å²) in [6, 6.07) is 8.88. The molecule has 0 unspecified atom stereocenters. The van der Waals surface area contributed by atoms with E-state index in [0.29, 0.717) is 44.7 Å². The van der Waals surface area contributed by atoms with E-state index >= 15 is 0 Å². The van der Waals surface area contributed by atoms with Crippen molar-refractivity contribution in [2.24, 2.45) is 0 Å². The van der Waals surface area contributed by atoms with E-state index in [9.17, 15) is 0 Å². The van der Waals surface area contributed by atoms with Crippen LogP contribution in [0.4, 0.5) is 17.5 Å². The molecule has 12 heteroatoms. The molecule has 3 heterocycles. The van der Waals surface area contributed by atoms with E-state index in [1.807, 2.05) is 12.1 Å². The topological polar surface area (TPSA) is 102 Å². The Morgan fingerprint density at radius 1 is 1.00 bits per heavy atom. The molecule has 1 N–H and O–H groups in total. The van der Waals surface area contributed by atoms with Gasteiger partial charge in [-0.2, -0.15) is 4.98 Å². The molecule has 1 fully saturated rings. The normalized spacial score (nSPS) is 14.6. The molecule has 2 aromatic carbocycles. The van der Waals surface area contributed by atoms with E-state index in [1.165, 1.54) is 6.33 Å². The Labute approximate surface area is 230 Å². The zero-order valence-electron chi connectivity index (χ0n) is 21.7. The Bertz CT molecular complexity index is 1430. The number of methoxy groups -OCH3 is 1. The van der Waals surface area contributed by atoms with E-state index < -0.39 is 0 Å². The lowest BCUT2D eigenvalue weighted by atomic mass is 10.1. The average molecular weight is 558 g/mol. The number of piperazine rings is 1. The molecule has 5 rings (SSSR count). The summed E-state index contributed by atoms with van der Waals surface area (Å²) in [6.07, 6.45) is 1.47. The van der Waals surface area contributed by atoms with E-state index in [0.717, 1.165) is 37.3 Å². The van der Waals surface area contributed by atoms with Gasteiger partial charge in [0.15, 0.2) is 18.1 Å². The number of ether oxygens (including phenoxy) is 2. The van der Waals surface area contributed by atoms with E-state index in [-0.39, 0.29) is 12.1 Å². The van der Waals surface area contributed by atoms with Crippen molar-refractivity contribution in [1.82, 2.24) is 25.0 Å². The van der Waals surface area contributed by atoms with Gasteiger partial charge in [0, 0.05) is 48.9 Å². The van der Waals surface area contributed by atoms with Crippen molar-refractivity contribution in [3.8, 4) is 11.5 Å². The maximum absolute atomic E-state index is 6.16. The predicted octanol–water partition coefficient (Wildman–Crippen LogP) is 5.57. The zero-order chi connectivity index (χ0) is 26.9. The third kappa shape index (κ3) is 5.72. The van der Waals surface area contributed by atoms with Crippen LogP contribution < -0.4 is 19.7 Å². The van der Waals surface area contributed by atoms with Gasteiger partial charge < -0.3 is 24.2 Å². The molecule has 10 nitrogen and oxygen atoms in total. The first-order valence-corrected chi connectivity index (χ1v) is 13.0. The molecule has 0 spiro atoms. The van der Waals surface area contributed by atoms with Crippen LogP contribution in [-0.2, 0) is 6.61 Å². The van der Waals surface area contributed by atoms with Crippen LogP contribution in [0.3, 0.4) is 0 Å². The molecule has 0 radical (unpaired) electrons. The maximum Gasteiger partial charge on any atom is 0.266 e. The van der Waals surface area contributed by atoms with Gasteiger partial charge in [-0.15, -0.1) is 0 Å². The van der Waals surface area contributed by atoms with Crippen molar-refractivity contribution in [3.63, 3.8) is 0 Å². The van der Waals surface area contributed by atoms with E-state index in [4.69, 9.17) is 37.2 Å². The Balaban J connectivity index is 1.29. The average Bonchev–Trinajstić information content (AvgIpc) is 3.38. The summed E-state index contributed by atoms with van der Waals surface area (Å²) in [7, 11) is 1.58. The van der Waals surface area contributed by atoms with Crippen LogP contribution in [0.15, 0.2) is 41.2 Å². The first-order valence-electron chi connectivity index (χ1n) is 12.2. The van der Waals surface area contributed by atoms with E-state index in [1.54, 1.807) is 25.3 Å². The molecule has 0 saturated carbocycles. The minimum atomic E-state index is 0.0935. The second-order valence-electron chi connectivity index (χ2n) is 9.92. The maximum atomic E-state index is 6.16. The number of nitrogens with one attached hydrogen (secondary N) is 1. The second kappa shape index (κ2) is 10.8. The molecule has 1 aliphatic rings. The van der Waals surface area contributed by atoms with Gasteiger partial charge in [0.25, 0.3) is 11.8 Å². The van der Waals surface area contributed by atoms with Crippen LogP contribution in [0.1, 0.15) is 26.7 Å². The Hall–Kier alpha value is -3.34. The molecule has 1 saturated heterocycles. The number of rotatable bonds is 7. The Kier molecular flexibility index (Phi) is 7.47. The molecule has 4 aromatic rings. The molecule has 200 valence electrons. The van der Waals surface area contributed by atoms with Gasteiger partial charge in [0.1, 0.15) is 12.1 Å². The highest BCUT2D eigenvalue weighted by Gasteiger charge is 2.27. The highest BCUT2D eigenvalue weighted by atomic mass is 35.5. The molecule has 1 aliphatic heterocycles. The number of aromatic nitrogens is 4. The fourth-order valence-electron chi connectivity index (χ4n) is 4.30. The second-order valence-corrected chi connectivity index (χ2v) is 10.7. The van der Waals surface area contributed by atoms with Gasteiger partial charge in [-0.1, -0.05) is 23.2 Å². The quantitative estimate of drug-likeness (QED) is 0.310. The molecule has 2 aromatic heterocycles. The fraction of sp³-hybridized carbons (Fsp3) is 0.385. The van der Waals surface area contributed by atoms with Gasteiger partial charge >= 0.3 is 0 Å². The van der Waals surface area contributed by atoms with Crippen molar-refractivity contribution in [2.75, 3.05) is 43.5 Å². The fourth-order valence-corrected chi connectivity index (χ4v) is 4.59. The van der Waals surface area contributed by atoms with Crippen molar-refractivity contribution < 1.29 is 14.0 Å². The smallest absolute Gasteiger partial charge is 0.266 e. The lowest BCUT2D eigenvalue weighted by molar-refractivity contribution is 0.128. The van der Waals surface area contributed by atoms with Crippen LogP contribution in [0.5, 0.6) is 11.5 Å². The third-order valence-corrected chi connectivity index (χ3v) is 7.16. The largest absolute Gasteiger partial charge is 0.493 e. The highest BCUT2D eigenvalue weighted by molar-refractivity contribution is 6.42. The van der Waals surface area contributed by atoms with Gasteiger partial charge in [-0.25, -0.2) is 9.97 Å². The zero-order valence-corrected chi connectivity index (χ0v) is 23.2. The van der Waals surface area contributed by atoms with Crippen LogP contribution in [0.25, 0.3) is 10.9 Å².